The van der Waals surface area contributed by atoms with Crippen LogP contribution in [0.15, 0.2) is 18.2 Å². The van der Waals surface area contributed by atoms with Crippen LogP contribution in [0.25, 0.3) is 0 Å². The van der Waals surface area contributed by atoms with Crippen LogP contribution in [0.1, 0.15) is 50.2 Å². The minimum absolute atomic E-state index is 0.00940. The van der Waals surface area contributed by atoms with Crippen molar-refractivity contribution < 1.29 is 14.9 Å². The second-order valence-electron chi connectivity index (χ2n) is 8.35. The van der Waals surface area contributed by atoms with Gasteiger partial charge in [0, 0.05) is 13.0 Å². The third kappa shape index (κ3) is 2.09. The first-order chi connectivity index (χ1) is 11.0. The third-order valence-corrected chi connectivity index (χ3v) is 7.27. The molecule has 0 spiro atoms. The summed E-state index contributed by atoms with van der Waals surface area (Å²) in [6.45, 7) is 4.62. The average molecular weight is 316 g/mol. The molecule has 1 aromatic rings. The van der Waals surface area contributed by atoms with Crippen molar-refractivity contribution in [2.75, 3.05) is 7.11 Å². The van der Waals surface area contributed by atoms with Crippen molar-refractivity contribution in [2.24, 2.45) is 23.2 Å². The first kappa shape index (κ1) is 15.5. The van der Waals surface area contributed by atoms with E-state index in [4.69, 9.17) is 4.74 Å². The normalized spacial score (nSPS) is 45.2. The van der Waals surface area contributed by atoms with Crippen LogP contribution < -0.4 is 0 Å². The van der Waals surface area contributed by atoms with E-state index in [1.807, 2.05) is 19.2 Å². The molecule has 0 amide bonds. The van der Waals surface area contributed by atoms with E-state index in [0.29, 0.717) is 29.4 Å². The van der Waals surface area contributed by atoms with E-state index in [-0.39, 0.29) is 17.6 Å². The second-order valence-corrected chi connectivity index (χ2v) is 8.35. The number of aliphatic hydroxyl groups is 1. The van der Waals surface area contributed by atoms with Crippen molar-refractivity contribution in [3.63, 3.8) is 0 Å². The lowest BCUT2D eigenvalue weighted by Crippen LogP contribution is -2.52. The van der Waals surface area contributed by atoms with Gasteiger partial charge in [-0.05, 0) is 72.1 Å². The summed E-state index contributed by atoms with van der Waals surface area (Å²) in [6, 6.07) is 5.86. The van der Waals surface area contributed by atoms with Crippen LogP contribution in [0.5, 0.6) is 5.75 Å². The first-order valence-electron chi connectivity index (χ1n) is 8.98. The van der Waals surface area contributed by atoms with Gasteiger partial charge in [-0.25, -0.2) is 0 Å². The standard InChI is InChI=1S/C20H28O3/c1-11-8-12-9-13(21)4-5-14(12)19-16(23-3)10-20(2)15(18(11)19)6-7-17(20)22/h4-5,9,11,15-19,21-22H,6-8,10H2,1-3H3/t11?,15?,16-,17-,18?,19?,20-/m0/s1. The predicted octanol–water partition coefficient (Wildman–Crippen LogP) is 3.48. The van der Waals surface area contributed by atoms with Crippen LogP contribution in [0.3, 0.4) is 0 Å². The Morgan fingerprint density at radius 2 is 2.04 bits per heavy atom. The summed E-state index contributed by atoms with van der Waals surface area (Å²) in [4.78, 5) is 0. The highest BCUT2D eigenvalue weighted by molar-refractivity contribution is 5.41. The zero-order valence-corrected chi connectivity index (χ0v) is 14.3. The minimum atomic E-state index is -0.195. The summed E-state index contributed by atoms with van der Waals surface area (Å²) >= 11 is 0. The smallest absolute Gasteiger partial charge is 0.115 e. The molecule has 3 aliphatic carbocycles. The number of benzene rings is 1. The van der Waals surface area contributed by atoms with Gasteiger partial charge < -0.3 is 14.9 Å². The molecule has 3 aliphatic rings. The number of methoxy groups -OCH3 is 1. The number of aliphatic hydroxyl groups excluding tert-OH is 1. The van der Waals surface area contributed by atoms with Crippen molar-refractivity contribution in [1.29, 1.82) is 0 Å². The Balaban J connectivity index is 1.82. The van der Waals surface area contributed by atoms with Crippen LogP contribution in [-0.4, -0.2) is 29.5 Å². The Kier molecular flexibility index (Phi) is 3.51. The lowest BCUT2D eigenvalue weighted by atomic mass is 9.52. The van der Waals surface area contributed by atoms with E-state index in [2.05, 4.69) is 19.9 Å². The highest BCUT2D eigenvalue weighted by Crippen LogP contribution is 2.62. The second kappa shape index (κ2) is 5.22. The van der Waals surface area contributed by atoms with Gasteiger partial charge in [0.2, 0.25) is 0 Å². The van der Waals surface area contributed by atoms with Gasteiger partial charge in [-0.15, -0.1) is 0 Å². The molecule has 0 aliphatic heterocycles. The molecule has 0 saturated heterocycles. The van der Waals surface area contributed by atoms with E-state index in [0.717, 1.165) is 25.7 Å². The Bertz CT molecular complexity index is 613. The third-order valence-electron chi connectivity index (χ3n) is 7.27. The van der Waals surface area contributed by atoms with E-state index >= 15 is 0 Å². The van der Waals surface area contributed by atoms with Gasteiger partial charge >= 0.3 is 0 Å². The van der Waals surface area contributed by atoms with Crippen molar-refractivity contribution in [1.82, 2.24) is 0 Å². The number of fused-ring (bicyclic) bond motifs is 5. The van der Waals surface area contributed by atoms with Gasteiger partial charge in [0.1, 0.15) is 5.75 Å². The van der Waals surface area contributed by atoms with Crippen LogP contribution in [0.2, 0.25) is 0 Å². The summed E-state index contributed by atoms with van der Waals surface area (Å²) in [5, 5.41) is 20.5. The molecule has 4 unspecified atom stereocenters. The molecule has 23 heavy (non-hydrogen) atoms. The monoisotopic (exact) mass is 316 g/mol. The fourth-order valence-corrected chi connectivity index (χ4v) is 6.19. The van der Waals surface area contributed by atoms with Gasteiger partial charge in [0.05, 0.1) is 12.2 Å². The van der Waals surface area contributed by atoms with Crippen LogP contribution in [0.4, 0.5) is 0 Å². The minimum Gasteiger partial charge on any atom is -0.508 e. The van der Waals surface area contributed by atoms with E-state index < -0.39 is 0 Å². The molecule has 126 valence electrons. The Hall–Kier alpha value is -1.06. The summed E-state index contributed by atoms with van der Waals surface area (Å²) in [7, 11) is 1.81. The number of aromatic hydroxyl groups is 1. The molecule has 2 fully saturated rings. The Morgan fingerprint density at radius 3 is 2.78 bits per heavy atom. The maximum atomic E-state index is 10.6. The highest BCUT2D eigenvalue weighted by atomic mass is 16.5. The molecular formula is C20H28O3. The van der Waals surface area contributed by atoms with E-state index in [1.165, 1.54) is 11.1 Å². The van der Waals surface area contributed by atoms with Gasteiger partial charge in [0.15, 0.2) is 0 Å². The maximum Gasteiger partial charge on any atom is 0.115 e. The van der Waals surface area contributed by atoms with Crippen molar-refractivity contribution in [3.05, 3.63) is 29.3 Å². The molecule has 4 rings (SSSR count). The van der Waals surface area contributed by atoms with E-state index in [9.17, 15) is 10.2 Å². The lowest BCUT2D eigenvalue weighted by Gasteiger charge is -2.55. The molecule has 0 radical (unpaired) electrons. The fraction of sp³-hybridized carbons (Fsp3) is 0.700. The molecular weight excluding hydrogens is 288 g/mol. The lowest BCUT2D eigenvalue weighted by molar-refractivity contribution is -0.104. The number of phenolic OH excluding ortho intramolecular Hbond substituents is 1. The largest absolute Gasteiger partial charge is 0.508 e. The Morgan fingerprint density at radius 1 is 1.26 bits per heavy atom. The summed E-state index contributed by atoms with van der Waals surface area (Å²) in [5.74, 6) is 2.45. The molecule has 0 bridgehead atoms. The molecule has 0 heterocycles. The van der Waals surface area contributed by atoms with Crippen molar-refractivity contribution >= 4 is 0 Å². The molecule has 2 N–H and O–H groups in total. The van der Waals surface area contributed by atoms with Gasteiger partial charge in [-0.2, -0.15) is 0 Å². The molecule has 1 aromatic carbocycles. The van der Waals surface area contributed by atoms with Gasteiger partial charge in [0.25, 0.3) is 0 Å². The molecule has 0 aromatic heterocycles. The SMILES string of the molecule is CO[C@H]1C[C@@]2(C)C(CC[C@@H]2O)C2C(C)Cc3cc(O)ccc3C21. The van der Waals surface area contributed by atoms with Crippen LogP contribution in [-0.2, 0) is 11.2 Å². The summed E-state index contributed by atoms with van der Waals surface area (Å²) in [5.41, 5.74) is 2.63. The van der Waals surface area contributed by atoms with E-state index in [1.54, 1.807) is 0 Å². The van der Waals surface area contributed by atoms with Crippen LogP contribution >= 0.6 is 0 Å². The van der Waals surface area contributed by atoms with Crippen molar-refractivity contribution in [3.8, 4) is 5.75 Å². The predicted molar refractivity (Wildman–Crippen MR) is 89.5 cm³/mol. The highest BCUT2D eigenvalue weighted by Gasteiger charge is 2.59. The molecule has 2 saturated carbocycles. The first-order valence-corrected chi connectivity index (χ1v) is 8.98. The molecule has 7 atom stereocenters. The molecule has 3 heteroatoms. The number of hydrogen-bond donors (Lipinski definition) is 2. The number of ether oxygens (including phenoxy) is 1. The summed E-state index contributed by atoms with van der Waals surface area (Å²) < 4.78 is 5.94. The van der Waals surface area contributed by atoms with Gasteiger partial charge in [-0.1, -0.05) is 19.9 Å². The number of phenols is 1. The summed E-state index contributed by atoms with van der Waals surface area (Å²) in [6.07, 6.45) is 3.97. The zero-order valence-electron chi connectivity index (χ0n) is 14.3. The van der Waals surface area contributed by atoms with Crippen molar-refractivity contribution in [2.45, 2.75) is 57.7 Å². The van der Waals surface area contributed by atoms with Gasteiger partial charge in [-0.3, -0.25) is 0 Å². The number of hydrogen-bond acceptors (Lipinski definition) is 3. The quantitative estimate of drug-likeness (QED) is 0.834. The topological polar surface area (TPSA) is 49.7 Å². The Labute approximate surface area is 138 Å². The molecule has 3 nitrogen and oxygen atoms in total. The average Bonchev–Trinajstić information content (AvgIpc) is 2.81. The van der Waals surface area contributed by atoms with Crippen LogP contribution in [0, 0.1) is 23.2 Å². The number of rotatable bonds is 1. The maximum absolute atomic E-state index is 10.6. The zero-order chi connectivity index (χ0) is 16.4. The fourth-order valence-electron chi connectivity index (χ4n) is 6.19.